The standard InChI is InChI=1S/C19H17ClN4O3S/c20-13-7-6-11(24(26)27)9-15(13)22-18(25)17-16(21)12-8-10-4-2-1-3-5-14(10)23-19(12)28-17/h6-9H,1-5,21H2,(H,22,25). The summed E-state index contributed by atoms with van der Waals surface area (Å²) in [6.45, 7) is 0. The van der Waals surface area contributed by atoms with Gasteiger partial charge in [-0.2, -0.15) is 0 Å². The number of carbonyl (C=O) groups is 1. The average Bonchev–Trinajstić information content (AvgIpc) is 2.84. The average molecular weight is 417 g/mol. The summed E-state index contributed by atoms with van der Waals surface area (Å²) in [4.78, 5) is 29.0. The first-order valence-electron chi connectivity index (χ1n) is 8.90. The highest BCUT2D eigenvalue weighted by atomic mass is 35.5. The molecule has 2 heterocycles. The summed E-state index contributed by atoms with van der Waals surface area (Å²) in [5.41, 5.74) is 8.91. The van der Waals surface area contributed by atoms with Crippen LogP contribution in [0.15, 0.2) is 24.3 Å². The number of benzene rings is 1. The van der Waals surface area contributed by atoms with E-state index in [0.717, 1.165) is 41.6 Å². The molecule has 0 saturated heterocycles. The van der Waals surface area contributed by atoms with Gasteiger partial charge in [0.1, 0.15) is 9.71 Å². The normalized spacial score (nSPS) is 13.8. The molecule has 0 fully saturated rings. The maximum Gasteiger partial charge on any atom is 0.271 e. The number of fused-ring (bicyclic) bond motifs is 2. The third-order valence-corrected chi connectivity index (χ3v) is 6.31. The first kappa shape index (κ1) is 18.6. The zero-order valence-corrected chi connectivity index (χ0v) is 16.4. The molecule has 0 radical (unpaired) electrons. The highest BCUT2D eigenvalue weighted by Gasteiger charge is 2.21. The van der Waals surface area contributed by atoms with Crippen molar-refractivity contribution in [1.29, 1.82) is 0 Å². The monoisotopic (exact) mass is 416 g/mol. The van der Waals surface area contributed by atoms with Gasteiger partial charge in [-0.3, -0.25) is 14.9 Å². The highest BCUT2D eigenvalue weighted by molar-refractivity contribution is 7.21. The zero-order valence-electron chi connectivity index (χ0n) is 14.8. The van der Waals surface area contributed by atoms with Crippen LogP contribution in [0.4, 0.5) is 17.1 Å². The van der Waals surface area contributed by atoms with Crippen molar-refractivity contribution in [3.8, 4) is 0 Å². The van der Waals surface area contributed by atoms with Crippen LogP contribution in [0.3, 0.4) is 0 Å². The summed E-state index contributed by atoms with van der Waals surface area (Å²) >= 11 is 7.30. The minimum atomic E-state index is -0.545. The maximum absolute atomic E-state index is 12.8. The van der Waals surface area contributed by atoms with E-state index in [-0.39, 0.29) is 16.4 Å². The van der Waals surface area contributed by atoms with Crippen molar-refractivity contribution < 1.29 is 9.72 Å². The van der Waals surface area contributed by atoms with Gasteiger partial charge in [-0.15, -0.1) is 11.3 Å². The molecule has 28 heavy (non-hydrogen) atoms. The number of aryl methyl sites for hydroxylation is 2. The lowest BCUT2D eigenvalue weighted by atomic mass is 10.1. The summed E-state index contributed by atoms with van der Waals surface area (Å²) < 4.78 is 0. The Kier molecular flexibility index (Phi) is 4.91. The highest BCUT2D eigenvalue weighted by Crippen LogP contribution is 2.36. The summed E-state index contributed by atoms with van der Waals surface area (Å²) in [5, 5.41) is 14.6. The number of hydrogen-bond acceptors (Lipinski definition) is 6. The van der Waals surface area contributed by atoms with Gasteiger partial charge in [0.15, 0.2) is 0 Å². The minimum absolute atomic E-state index is 0.158. The molecule has 1 aliphatic carbocycles. The first-order valence-corrected chi connectivity index (χ1v) is 10.1. The van der Waals surface area contributed by atoms with Gasteiger partial charge in [0, 0.05) is 23.2 Å². The minimum Gasteiger partial charge on any atom is -0.397 e. The lowest BCUT2D eigenvalue weighted by molar-refractivity contribution is -0.384. The van der Waals surface area contributed by atoms with E-state index >= 15 is 0 Å². The molecule has 7 nitrogen and oxygen atoms in total. The van der Waals surface area contributed by atoms with Crippen LogP contribution in [-0.2, 0) is 12.8 Å². The van der Waals surface area contributed by atoms with Gasteiger partial charge in [-0.05, 0) is 43.4 Å². The van der Waals surface area contributed by atoms with E-state index in [0.29, 0.717) is 10.6 Å². The Labute approximate surface area is 169 Å². The van der Waals surface area contributed by atoms with Gasteiger partial charge >= 0.3 is 0 Å². The van der Waals surface area contributed by atoms with Gasteiger partial charge in [0.05, 0.1) is 21.3 Å². The molecule has 9 heteroatoms. The maximum atomic E-state index is 12.8. The first-order chi connectivity index (χ1) is 13.4. The molecule has 0 unspecified atom stereocenters. The van der Waals surface area contributed by atoms with E-state index in [2.05, 4.69) is 5.32 Å². The van der Waals surface area contributed by atoms with E-state index in [4.69, 9.17) is 22.3 Å². The van der Waals surface area contributed by atoms with Crippen molar-refractivity contribution in [2.45, 2.75) is 32.1 Å². The smallest absolute Gasteiger partial charge is 0.271 e. The molecule has 1 aliphatic rings. The van der Waals surface area contributed by atoms with Gasteiger partial charge in [0.25, 0.3) is 11.6 Å². The fourth-order valence-electron chi connectivity index (χ4n) is 3.41. The van der Waals surface area contributed by atoms with Crippen LogP contribution in [0.1, 0.15) is 40.2 Å². The van der Waals surface area contributed by atoms with E-state index in [9.17, 15) is 14.9 Å². The number of anilines is 2. The second kappa shape index (κ2) is 7.37. The molecule has 0 aliphatic heterocycles. The number of pyridine rings is 1. The van der Waals surface area contributed by atoms with E-state index in [1.165, 1.54) is 41.5 Å². The number of nitrogens with one attached hydrogen (secondary N) is 1. The summed E-state index contributed by atoms with van der Waals surface area (Å²) in [6.07, 6.45) is 5.34. The number of thiophene rings is 1. The third-order valence-electron chi connectivity index (χ3n) is 4.86. The van der Waals surface area contributed by atoms with Crippen LogP contribution >= 0.6 is 22.9 Å². The number of nitrogens with two attached hydrogens (primary N) is 1. The Hall–Kier alpha value is -2.71. The van der Waals surface area contributed by atoms with Gasteiger partial charge < -0.3 is 11.1 Å². The lowest BCUT2D eigenvalue weighted by Crippen LogP contribution is -2.12. The van der Waals surface area contributed by atoms with Crippen LogP contribution in [0.2, 0.25) is 5.02 Å². The molecule has 144 valence electrons. The molecule has 1 aromatic carbocycles. The number of nitro benzene ring substituents is 1. The topological polar surface area (TPSA) is 111 Å². The van der Waals surface area contributed by atoms with Crippen LogP contribution in [-0.4, -0.2) is 15.8 Å². The van der Waals surface area contributed by atoms with Gasteiger partial charge in [-0.1, -0.05) is 18.0 Å². The fraction of sp³-hybridized carbons (Fsp3) is 0.263. The van der Waals surface area contributed by atoms with Gasteiger partial charge in [-0.25, -0.2) is 4.98 Å². The zero-order chi connectivity index (χ0) is 19.8. The van der Waals surface area contributed by atoms with Crippen molar-refractivity contribution in [3.05, 3.63) is 55.5 Å². The molecule has 3 N–H and O–H groups in total. The Morgan fingerprint density at radius 2 is 2.04 bits per heavy atom. The van der Waals surface area contributed by atoms with E-state index in [1.54, 1.807) is 0 Å². The molecule has 0 bridgehead atoms. The Bertz CT molecular complexity index is 1110. The van der Waals surface area contributed by atoms with Crippen LogP contribution in [0.5, 0.6) is 0 Å². The fourth-order valence-corrected chi connectivity index (χ4v) is 4.56. The number of rotatable bonds is 3. The van der Waals surface area contributed by atoms with Crippen molar-refractivity contribution in [2.24, 2.45) is 0 Å². The number of aromatic nitrogens is 1. The largest absolute Gasteiger partial charge is 0.397 e. The Balaban J connectivity index is 1.69. The van der Waals surface area contributed by atoms with Crippen molar-refractivity contribution in [3.63, 3.8) is 0 Å². The number of nitrogen functional groups attached to an aromatic ring is 1. The number of nitrogens with zero attached hydrogens (tertiary/aromatic N) is 2. The molecule has 4 rings (SSSR count). The molecule has 3 aromatic rings. The number of non-ortho nitro benzene ring substituents is 1. The predicted molar refractivity (Wildman–Crippen MR) is 111 cm³/mol. The second-order valence-electron chi connectivity index (χ2n) is 6.73. The summed E-state index contributed by atoms with van der Waals surface area (Å²) in [7, 11) is 0. The molecule has 1 amide bonds. The lowest BCUT2D eigenvalue weighted by Gasteiger charge is -2.06. The predicted octanol–water partition coefficient (Wildman–Crippen LogP) is 4.96. The second-order valence-corrected chi connectivity index (χ2v) is 8.13. The van der Waals surface area contributed by atoms with E-state index in [1.807, 2.05) is 6.07 Å². The number of hydrogen-bond donors (Lipinski definition) is 2. The van der Waals surface area contributed by atoms with Crippen LogP contribution < -0.4 is 11.1 Å². The quantitative estimate of drug-likeness (QED) is 0.356. The Morgan fingerprint density at radius 3 is 2.82 bits per heavy atom. The molecular formula is C19H17ClN4O3S. The number of amides is 1. The van der Waals surface area contributed by atoms with Crippen LogP contribution in [0.25, 0.3) is 10.2 Å². The molecular weight excluding hydrogens is 400 g/mol. The summed E-state index contributed by atoms with van der Waals surface area (Å²) in [6, 6.07) is 5.93. The van der Waals surface area contributed by atoms with Crippen molar-refractivity contribution >= 4 is 56.1 Å². The van der Waals surface area contributed by atoms with Crippen molar-refractivity contribution in [2.75, 3.05) is 11.1 Å². The number of halogens is 1. The third kappa shape index (κ3) is 3.41. The van der Waals surface area contributed by atoms with Gasteiger partial charge in [0.2, 0.25) is 0 Å². The molecule has 0 saturated carbocycles. The van der Waals surface area contributed by atoms with Crippen molar-refractivity contribution in [1.82, 2.24) is 4.98 Å². The van der Waals surface area contributed by atoms with Crippen LogP contribution in [0, 0.1) is 10.1 Å². The molecule has 0 spiro atoms. The SMILES string of the molecule is Nc1c(C(=O)Nc2cc([N+](=O)[O-])ccc2Cl)sc2nc3c(cc12)CCCCC3. The Morgan fingerprint density at radius 1 is 1.25 bits per heavy atom. The summed E-state index contributed by atoms with van der Waals surface area (Å²) in [5.74, 6) is -0.460. The number of nitro groups is 1. The molecule has 0 atom stereocenters. The van der Waals surface area contributed by atoms with E-state index < -0.39 is 10.8 Å². The number of carbonyl (C=O) groups excluding carboxylic acids is 1. The molecule has 2 aromatic heterocycles.